The molecule has 5 nitrogen and oxygen atoms in total. The van der Waals surface area contributed by atoms with Crippen molar-refractivity contribution in [2.75, 3.05) is 24.3 Å². The van der Waals surface area contributed by atoms with Gasteiger partial charge in [0.05, 0.1) is 0 Å². The number of rotatable bonds is 4. The SMILES string of the molecule is CN(C)c1ccc(CNC(=O)Nc2ccccn2)cc1. The van der Waals surface area contributed by atoms with Crippen molar-refractivity contribution >= 4 is 17.5 Å². The van der Waals surface area contributed by atoms with Gasteiger partial charge in [-0.25, -0.2) is 9.78 Å². The molecule has 2 rings (SSSR count). The van der Waals surface area contributed by atoms with Gasteiger partial charge in [0, 0.05) is 32.5 Å². The summed E-state index contributed by atoms with van der Waals surface area (Å²) >= 11 is 0. The molecule has 0 unspecified atom stereocenters. The highest BCUT2D eigenvalue weighted by molar-refractivity contribution is 5.88. The molecule has 0 atom stereocenters. The van der Waals surface area contributed by atoms with Gasteiger partial charge in [-0.05, 0) is 29.8 Å². The summed E-state index contributed by atoms with van der Waals surface area (Å²) in [6.07, 6.45) is 1.63. The summed E-state index contributed by atoms with van der Waals surface area (Å²) in [4.78, 5) is 17.8. The molecule has 2 amide bonds. The summed E-state index contributed by atoms with van der Waals surface area (Å²) in [5.41, 5.74) is 2.18. The molecule has 0 radical (unpaired) electrons. The fourth-order valence-corrected chi connectivity index (χ4v) is 1.69. The molecular formula is C15H18N4O. The minimum Gasteiger partial charge on any atom is -0.378 e. The number of hydrogen-bond donors (Lipinski definition) is 2. The van der Waals surface area contributed by atoms with Gasteiger partial charge in [-0.2, -0.15) is 0 Å². The summed E-state index contributed by atoms with van der Waals surface area (Å²) in [5, 5.41) is 5.46. The van der Waals surface area contributed by atoms with Crippen molar-refractivity contribution in [2.24, 2.45) is 0 Å². The number of anilines is 2. The van der Waals surface area contributed by atoms with Gasteiger partial charge in [0.1, 0.15) is 5.82 Å². The third-order valence-corrected chi connectivity index (χ3v) is 2.81. The van der Waals surface area contributed by atoms with E-state index in [0.29, 0.717) is 12.4 Å². The maximum atomic E-state index is 11.7. The Hall–Kier alpha value is -2.56. The van der Waals surface area contributed by atoms with E-state index in [1.165, 1.54) is 0 Å². The van der Waals surface area contributed by atoms with E-state index in [9.17, 15) is 4.79 Å². The van der Waals surface area contributed by atoms with Crippen molar-refractivity contribution in [1.29, 1.82) is 0 Å². The Kier molecular flexibility index (Phi) is 4.55. The molecule has 0 fully saturated rings. The fourth-order valence-electron chi connectivity index (χ4n) is 1.69. The van der Waals surface area contributed by atoms with Gasteiger partial charge in [-0.1, -0.05) is 18.2 Å². The lowest BCUT2D eigenvalue weighted by molar-refractivity contribution is 0.251. The molecule has 1 aromatic carbocycles. The number of nitrogens with zero attached hydrogens (tertiary/aromatic N) is 2. The topological polar surface area (TPSA) is 57.3 Å². The molecule has 2 aromatic rings. The molecular weight excluding hydrogens is 252 g/mol. The maximum Gasteiger partial charge on any atom is 0.320 e. The molecule has 0 saturated heterocycles. The molecule has 0 saturated carbocycles. The van der Waals surface area contributed by atoms with E-state index in [1.807, 2.05) is 49.3 Å². The van der Waals surface area contributed by atoms with Gasteiger partial charge in [-0.15, -0.1) is 0 Å². The zero-order valence-electron chi connectivity index (χ0n) is 11.6. The Morgan fingerprint density at radius 2 is 1.90 bits per heavy atom. The van der Waals surface area contributed by atoms with Crippen LogP contribution in [-0.4, -0.2) is 25.1 Å². The molecule has 104 valence electrons. The number of pyridine rings is 1. The van der Waals surface area contributed by atoms with E-state index < -0.39 is 0 Å². The normalized spacial score (nSPS) is 9.90. The Morgan fingerprint density at radius 1 is 1.15 bits per heavy atom. The molecule has 5 heteroatoms. The van der Waals surface area contributed by atoms with Crippen LogP contribution in [0, 0.1) is 0 Å². The van der Waals surface area contributed by atoms with E-state index in [0.717, 1.165) is 11.3 Å². The molecule has 0 spiro atoms. The number of urea groups is 1. The van der Waals surface area contributed by atoms with Crippen molar-refractivity contribution in [3.63, 3.8) is 0 Å². The molecule has 2 N–H and O–H groups in total. The van der Waals surface area contributed by atoms with Crippen molar-refractivity contribution < 1.29 is 4.79 Å². The van der Waals surface area contributed by atoms with Crippen molar-refractivity contribution in [1.82, 2.24) is 10.3 Å². The Labute approximate surface area is 118 Å². The lowest BCUT2D eigenvalue weighted by atomic mass is 10.2. The predicted octanol–water partition coefficient (Wildman–Crippen LogP) is 2.47. The first kappa shape index (κ1) is 13.9. The van der Waals surface area contributed by atoms with E-state index in [1.54, 1.807) is 18.3 Å². The minimum atomic E-state index is -0.264. The molecule has 20 heavy (non-hydrogen) atoms. The summed E-state index contributed by atoms with van der Waals surface area (Å²) in [6, 6.07) is 13.1. The second-order valence-electron chi connectivity index (χ2n) is 4.58. The number of nitrogens with one attached hydrogen (secondary N) is 2. The summed E-state index contributed by atoms with van der Waals surface area (Å²) < 4.78 is 0. The fraction of sp³-hybridized carbons (Fsp3) is 0.200. The molecule has 0 aliphatic heterocycles. The number of carbonyl (C=O) groups excluding carboxylic acids is 1. The quantitative estimate of drug-likeness (QED) is 0.897. The second-order valence-corrected chi connectivity index (χ2v) is 4.58. The van der Waals surface area contributed by atoms with Crippen molar-refractivity contribution in [3.05, 3.63) is 54.2 Å². The van der Waals surface area contributed by atoms with Gasteiger partial charge in [0.15, 0.2) is 0 Å². The number of aromatic nitrogens is 1. The van der Waals surface area contributed by atoms with Crippen LogP contribution in [0.4, 0.5) is 16.3 Å². The maximum absolute atomic E-state index is 11.7. The van der Waals surface area contributed by atoms with Crippen LogP contribution in [-0.2, 0) is 6.54 Å². The van der Waals surface area contributed by atoms with Gasteiger partial charge < -0.3 is 10.2 Å². The van der Waals surface area contributed by atoms with E-state index in [2.05, 4.69) is 15.6 Å². The second kappa shape index (κ2) is 6.56. The Balaban J connectivity index is 1.84. The van der Waals surface area contributed by atoms with Crippen molar-refractivity contribution in [3.8, 4) is 0 Å². The van der Waals surface area contributed by atoms with Crippen molar-refractivity contribution in [2.45, 2.75) is 6.54 Å². The zero-order chi connectivity index (χ0) is 14.4. The third-order valence-electron chi connectivity index (χ3n) is 2.81. The van der Waals surface area contributed by atoms with Crippen LogP contribution in [0.1, 0.15) is 5.56 Å². The average molecular weight is 270 g/mol. The average Bonchev–Trinajstić information content (AvgIpc) is 2.46. The molecule has 0 bridgehead atoms. The first-order chi connectivity index (χ1) is 9.65. The van der Waals surface area contributed by atoms with Gasteiger partial charge in [0.25, 0.3) is 0 Å². The summed E-state index contributed by atoms with van der Waals surface area (Å²) in [5.74, 6) is 0.535. The highest BCUT2D eigenvalue weighted by atomic mass is 16.2. The predicted molar refractivity (Wildman–Crippen MR) is 80.9 cm³/mol. The molecule has 1 aromatic heterocycles. The summed E-state index contributed by atoms with van der Waals surface area (Å²) in [6.45, 7) is 0.479. The lowest BCUT2D eigenvalue weighted by Gasteiger charge is -2.13. The number of carbonyl (C=O) groups is 1. The monoisotopic (exact) mass is 270 g/mol. The van der Waals surface area contributed by atoms with E-state index in [-0.39, 0.29) is 6.03 Å². The Morgan fingerprint density at radius 3 is 2.50 bits per heavy atom. The highest BCUT2D eigenvalue weighted by Gasteiger charge is 2.02. The molecule has 0 aliphatic carbocycles. The van der Waals surface area contributed by atoms with Crippen LogP contribution < -0.4 is 15.5 Å². The number of hydrogen-bond acceptors (Lipinski definition) is 3. The van der Waals surface area contributed by atoms with Crippen LogP contribution in [0.15, 0.2) is 48.7 Å². The first-order valence-corrected chi connectivity index (χ1v) is 6.37. The van der Waals surface area contributed by atoms with Crippen LogP contribution >= 0.6 is 0 Å². The standard InChI is InChI=1S/C15H18N4O/c1-19(2)13-8-6-12(7-9-13)11-17-15(20)18-14-5-3-4-10-16-14/h3-10H,11H2,1-2H3,(H2,16,17,18,20). The van der Waals surface area contributed by atoms with Crippen LogP contribution in [0.25, 0.3) is 0 Å². The molecule has 0 aliphatic rings. The first-order valence-electron chi connectivity index (χ1n) is 6.37. The Bertz CT molecular complexity index is 552. The molecule has 1 heterocycles. The summed E-state index contributed by atoms with van der Waals surface area (Å²) in [7, 11) is 3.99. The number of amides is 2. The number of benzene rings is 1. The van der Waals surface area contributed by atoms with Gasteiger partial charge in [-0.3, -0.25) is 5.32 Å². The highest BCUT2D eigenvalue weighted by Crippen LogP contribution is 2.12. The lowest BCUT2D eigenvalue weighted by Crippen LogP contribution is -2.28. The van der Waals surface area contributed by atoms with Crippen LogP contribution in [0.3, 0.4) is 0 Å². The smallest absolute Gasteiger partial charge is 0.320 e. The van der Waals surface area contributed by atoms with Crippen LogP contribution in [0.5, 0.6) is 0 Å². The van der Waals surface area contributed by atoms with Gasteiger partial charge >= 0.3 is 6.03 Å². The van der Waals surface area contributed by atoms with E-state index >= 15 is 0 Å². The third kappa shape index (κ3) is 3.98. The largest absolute Gasteiger partial charge is 0.378 e. The minimum absolute atomic E-state index is 0.264. The zero-order valence-corrected chi connectivity index (χ0v) is 11.6. The van der Waals surface area contributed by atoms with Gasteiger partial charge in [0.2, 0.25) is 0 Å². The van der Waals surface area contributed by atoms with Crippen LogP contribution in [0.2, 0.25) is 0 Å². The van der Waals surface area contributed by atoms with E-state index in [4.69, 9.17) is 0 Å².